The maximum absolute atomic E-state index is 12.3. The Morgan fingerprint density at radius 1 is 0.967 bits per heavy atom. The first-order chi connectivity index (χ1) is 14.6. The van der Waals surface area contributed by atoms with E-state index < -0.39 is 0 Å². The van der Waals surface area contributed by atoms with Crippen LogP contribution in [0.2, 0.25) is 0 Å². The average Bonchev–Trinajstić information content (AvgIpc) is 3.20. The van der Waals surface area contributed by atoms with Crippen LogP contribution in [0.4, 0.5) is 5.13 Å². The number of hydrogen-bond acceptors (Lipinski definition) is 6. The average molecular weight is 424 g/mol. The van der Waals surface area contributed by atoms with E-state index in [9.17, 15) is 4.79 Å². The van der Waals surface area contributed by atoms with Crippen molar-refractivity contribution in [2.24, 2.45) is 0 Å². The highest BCUT2D eigenvalue weighted by Crippen LogP contribution is 2.21. The van der Waals surface area contributed by atoms with Crippen LogP contribution in [0.5, 0.6) is 0 Å². The Hall–Kier alpha value is -2.77. The molecule has 3 aromatic rings. The van der Waals surface area contributed by atoms with Gasteiger partial charge >= 0.3 is 0 Å². The molecule has 0 radical (unpaired) electrons. The minimum Gasteiger partial charge on any atom is -0.355 e. The second kappa shape index (κ2) is 11.4. The number of anilines is 1. The molecular weight excluding hydrogens is 394 g/mol. The molecule has 0 bridgehead atoms. The Morgan fingerprint density at radius 3 is 2.30 bits per heavy atom. The topological polar surface area (TPSA) is 61.4 Å². The maximum Gasteiger partial charge on any atom is 0.221 e. The molecule has 0 saturated heterocycles. The van der Waals surface area contributed by atoms with Gasteiger partial charge in [-0.3, -0.25) is 4.79 Å². The van der Waals surface area contributed by atoms with Crippen molar-refractivity contribution in [3.05, 3.63) is 77.6 Å². The molecule has 2 aromatic carbocycles. The molecule has 7 heteroatoms. The van der Waals surface area contributed by atoms with Gasteiger partial charge in [-0.25, -0.2) is 4.98 Å². The van der Waals surface area contributed by atoms with Crippen LogP contribution in [0.1, 0.15) is 23.4 Å². The third kappa shape index (κ3) is 7.24. The van der Waals surface area contributed by atoms with Crippen molar-refractivity contribution in [1.82, 2.24) is 19.6 Å². The summed E-state index contributed by atoms with van der Waals surface area (Å²) in [5, 5.41) is 3.84. The van der Waals surface area contributed by atoms with Crippen LogP contribution >= 0.6 is 11.5 Å². The lowest BCUT2D eigenvalue weighted by molar-refractivity contribution is -0.120. The number of carbonyl (C=O) groups is 1. The van der Waals surface area contributed by atoms with Gasteiger partial charge in [-0.15, -0.1) is 0 Å². The molecule has 0 spiro atoms. The summed E-state index contributed by atoms with van der Waals surface area (Å²) in [5.74, 6) is 0.874. The van der Waals surface area contributed by atoms with Crippen LogP contribution in [-0.2, 0) is 17.8 Å². The molecular formula is C23H29N5OS. The Balaban J connectivity index is 1.64. The Kier molecular flexibility index (Phi) is 8.35. The summed E-state index contributed by atoms with van der Waals surface area (Å²) >= 11 is 1.40. The minimum atomic E-state index is 0.0592. The summed E-state index contributed by atoms with van der Waals surface area (Å²) in [6, 6.07) is 20.5. The Labute approximate surface area is 182 Å². The molecule has 0 saturated carbocycles. The zero-order valence-electron chi connectivity index (χ0n) is 17.6. The van der Waals surface area contributed by atoms with Crippen LogP contribution in [0.3, 0.4) is 0 Å². The lowest BCUT2D eigenvalue weighted by Crippen LogP contribution is -2.34. The van der Waals surface area contributed by atoms with E-state index >= 15 is 0 Å². The van der Waals surface area contributed by atoms with Gasteiger partial charge in [0.05, 0.1) is 0 Å². The van der Waals surface area contributed by atoms with Gasteiger partial charge < -0.3 is 15.1 Å². The van der Waals surface area contributed by atoms with Crippen LogP contribution in [0.15, 0.2) is 60.7 Å². The third-order valence-corrected chi connectivity index (χ3v) is 5.45. The van der Waals surface area contributed by atoms with Crippen molar-refractivity contribution in [1.29, 1.82) is 0 Å². The molecule has 6 nitrogen and oxygen atoms in total. The standard InChI is InChI=1S/C23H29N5OS/c1-27(2)16-14-24-22(29)13-15-28(18-20-11-7-4-8-12-20)23-25-21(26-30-23)17-19-9-5-3-6-10-19/h3-12H,13-18H2,1-2H3,(H,24,29). The molecule has 0 aliphatic carbocycles. The molecule has 158 valence electrons. The van der Waals surface area contributed by atoms with Gasteiger partial charge in [0.15, 0.2) is 0 Å². The van der Waals surface area contributed by atoms with E-state index in [0.717, 1.165) is 17.5 Å². The predicted octanol–water partition coefficient (Wildman–Crippen LogP) is 3.20. The second-order valence-corrected chi connectivity index (χ2v) is 8.20. The fraction of sp³-hybridized carbons (Fsp3) is 0.348. The van der Waals surface area contributed by atoms with Gasteiger partial charge in [-0.2, -0.15) is 4.37 Å². The van der Waals surface area contributed by atoms with E-state index in [-0.39, 0.29) is 5.91 Å². The molecule has 1 heterocycles. The predicted molar refractivity (Wildman–Crippen MR) is 123 cm³/mol. The van der Waals surface area contributed by atoms with Gasteiger partial charge in [-0.1, -0.05) is 60.7 Å². The maximum atomic E-state index is 12.3. The first-order valence-corrected chi connectivity index (χ1v) is 10.9. The molecule has 1 N–H and O–H groups in total. The smallest absolute Gasteiger partial charge is 0.221 e. The first-order valence-electron chi connectivity index (χ1n) is 10.2. The first kappa shape index (κ1) is 21.9. The van der Waals surface area contributed by atoms with E-state index in [4.69, 9.17) is 4.98 Å². The summed E-state index contributed by atoms with van der Waals surface area (Å²) in [6.45, 7) is 2.79. The largest absolute Gasteiger partial charge is 0.355 e. The highest BCUT2D eigenvalue weighted by molar-refractivity contribution is 7.09. The quantitative estimate of drug-likeness (QED) is 0.513. The van der Waals surface area contributed by atoms with E-state index in [0.29, 0.717) is 32.5 Å². The van der Waals surface area contributed by atoms with E-state index in [2.05, 4.69) is 43.8 Å². The van der Waals surface area contributed by atoms with Gasteiger partial charge in [0.1, 0.15) is 5.82 Å². The molecule has 1 aromatic heterocycles. The number of hydrogen-bond donors (Lipinski definition) is 1. The highest BCUT2D eigenvalue weighted by Gasteiger charge is 2.15. The summed E-state index contributed by atoms with van der Waals surface area (Å²) in [6.07, 6.45) is 1.13. The number of carbonyl (C=O) groups excluding carboxylic acids is 1. The molecule has 0 unspecified atom stereocenters. The molecule has 0 aliphatic rings. The van der Waals surface area contributed by atoms with Gasteiger partial charge in [0.25, 0.3) is 0 Å². The fourth-order valence-electron chi connectivity index (χ4n) is 3.01. The molecule has 0 fully saturated rings. The lowest BCUT2D eigenvalue weighted by Gasteiger charge is -2.21. The molecule has 1 amide bonds. The summed E-state index contributed by atoms with van der Waals surface area (Å²) in [7, 11) is 3.99. The fourth-order valence-corrected chi connectivity index (χ4v) is 3.72. The number of rotatable bonds is 11. The minimum absolute atomic E-state index is 0.0592. The SMILES string of the molecule is CN(C)CCNC(=O)CCN(Cc1ccccc1)c1nc(Cc2ccccc2)ns1. The zero-order chi connectivity index (χ0) is 21.2. The summed E-state index contributed by atoms with van der Waals surface area (Å²) in [5.41, 5.74) is 2.38. The highest BCUT2D eigenvalue weighted by atomic mass is 32.1. The Bertz CT molecular complexity index is 898. The van der Waals surface area contributed by atoms with Crippen molar-refractivity contribution >= 4 is 22.6 Å². The summed E-state index contributed by atoms with van der Waals surface area (Å²) < 4.78 is 4.55. The number of likely N-dealkylation sites (N-methyl/N-ethyl adjacent to an activating group) is 1. The van der Waals surface area contributed by atoms with Crippen LogP contribution in [0.25, 0.3) is 0 Å². The van der Waals surface area contributed by atoms with Crippen LogP contribution in [-0.4, -0.2) is 53.9 Å². The van der Waals surface area contributed by atoms with Crippen molar-refractivity contribution < 1.29 is 4.79 Å². The van der Waals surface area contributed by atoms with Crippen molar-refractivity contribution in [3.8, 4) is 0 Å². The second-order valence-electron chi connectivity index (χ2n) is 7.47. The number of nitrogens with one attached hydrogen (secondary N) is 1. The lowest BCUT2D eigenvalue weighted by atomic mass is 10.1. The van der Waals surface area contributed by atoms with Crippen molar-refractivity contribution in [2.45, 2.75) is 19.4 Å². The number of nitrogens with zero attached hydrogens (tertiary/aromatic N) is 4. The molecule has 30 heavy (non-hydrogen) atoms. The van der Waals surface area contributed by atoms with Gasteiger partial charge in [0.2, 0.25) is 11.0 Å². The zero-order valence-corrected chi connectivity index (χ0v) is 18.4. The third-order valence-electron chi connectivity index (χ3n) is 4.64. The molecule has 0 atom stereocenters. The van der Waals surface area contributed by atoms with Crippen LogP contribution < -0.4 is 10.2 Å². The van der Waals surface area contributed by atoms with E-state index in [1.54, 1.807) is 0 Å². The van der Waals surface area contributed by atoms with Crippen molar-refractivity contribution in [3.63, 3.8) is 0 Å². The van der Waals surface area contributed by atoms with E-state index in [1.165, 1.54) is 22.7 Å². The summed E-state index contributed by atoms with van der Waals surface area (Å²) in [4.78, 5) is 21.2. The van der Waals surface area contributed by atoms with Crippen LogP contribution in [0, 0.1) is 0 Å². The molecule has 0 aliphatic heterocycles. The Morgan fingerprint density at radius 2 is 1.63 bits per heavy atom. The normalized spacial score (nSPS) is 10.9. The number of amides is 1. The van der Waals surface area contributed by atoms with Crippen molar-refractivity contribution in [2.75, 3.05) is 38.6 Å². The molecule has 3 rings (SSSR count). The number of benzene rings is 2. The monoisotopic (exact) mass is 423 g/mol. The number of aromatic nitrogens is 2. The van der Waals surface area contributed by atoms with Gasteiger partial charge in [-0.05, 0) is 25.2 Å². The van der Waals surface area contributed by atoms with E-state index in [1.807, 2.05) is 50.5 Å². The van der Waals surface area contributed by atoms with Gasteiger partial charge in [0, 0.05) is 50.6 Å².